The van der Waals surface area contributed by atoms with E-state index in [1.54, 1.807) is 41.3 Å². The van der Waals surface area contributed by atoms with Crippen LogP contribution in [0.2, 0.25) is 5.02 Å². The molecule has 3 saturated heterocycles. The molecule has 0 aliphatic carbocycles. The average Bonchev–Trinajstić information content (AvgIpc) is 3.51. The van der Waals surface area contributed by atoms with Gasteiger partial charge in [0.1, 0.15) is 11.6 Å². The summed E-state index contributed by atoms with van der Waals surface area (Å²) in [4.78, 5) is 47.7. The fourth-order valence-electron chi connectivity index (χ4n) is 6.79. The van der Waals surface area contributed by atoms with Crippen molar-refractivity contribution in [1.29, 1.82) is 0 Å². The Hall–Kier alpha value is -2.20. The smallest absolute Gasteiger partial charge is 0.253 e. The predicted octanol–water partition coefficient (Wildman–Crippen LogP) is 4.05. The number of hydrogen-bond acceptors (Lipinski definition) is 5. The summed E-state index contributed by atoms with van der Waals surface area (Å²) in [5, 5.41) is 10.9. The number of ether oxygens (including phenoxy) is 1. The van der Waals surface area contributed by atoms with Crippen LogP contribution in [0.3, 0.4) is 0 Å². The highest BCUT2D eigenvalue weighted by molar-refractivity contribution is 9.09. The van der Waals surface area contributed by atoms with E-state index in [-0.39, 0.29) is 41.6 Å². The lowest BCUT2D eigenvalue weighted by Crippen LogP contribution is -2.60. The number of fused-ring (bicyclic) bond motifs is 1. The normalized spacial score (nSPS) is 29.4. The van der Waals surface area contributed by atoms with Gasteiger partial charge in [0, 0.05) is 24.5 Å². The maximum atomic E-state index is 14.7. The van der Waals surface area contributed by atoms with Crippen LogP contribution in [0.4, 0.5) is 5.69 Å². The molecule has 1 aromatic carbocycles. The van der Waals surface area contributed by atoms with E-state index in [0.29, 0.717) is 30.2 Å². The minimum Gasteiger partial charge on any atom is -0.394 e. The van der Waals surface area contributed by atoms with Crippen molar-refractivity contribution in [3.63, 3.8) is 0 Å². The summed E-state index contributed by atoms with van der Waals surface area (Å²) in [6.45, 7) is 14.1. The number of anilines is 1. The first-order valence-electron chi connectivity index (χ1n) is 13.9. The van der Waals surface area contributed by atoms with Crippen molar-refractivity contribution in [2.24, 2.45) is 17.8 Å². The van der Waals surface area contributed by atoms with Gasteiger partial charge >= 0.3 is 0 Å². The molecule has 0 saturated carbocycles. The lowest BCUT2D eigenvalue weighted by atomic mass is 9.70. The molecule has 10 heteroatoms. The highest BCUT2D eigenvalue weighted by Crippen LogP contribution is 2.61. The number of carbonyl (C=O) groups excluding carboxylic acids is 3. The molecule has 0 radical (unpaired) electrons. The lowest BCUT2D eigenvalue weighted by molar-refractivity contribution is -0.148. The van der Waals surface area contributed by atoms with E-state index >= 15 is 0 Å². The Balaban J connectivity index is 1.87. The fourth-order valence-corrected chi connectivity index (χ4v) is 7.97. The van der Waals surface area contributed by atoms with Crippen LogP contribution in [0, 0.1) is 17.8 Å². The van der Waals surface area contributed by atoms with Crippen LogP contribution < -0.4 is 4.90 Å². The van der Waals surface area contributed by atoms with Crippen LogP contribution in [0.1, 0.15) is 33.6 Å². The van der Waals surface area contributed by atoms with Gasteiger partial charge < -0.3 is 24.5 Å². The number of amides is 3. The van der Waals surface area contributed by atoms with Crippen LogP contribution in [0.25, 0.3) is 0 Å². The number of carbonyl (C=O) groups is 3. The van der Waals surface area contributed by atoms with E-state index in [4.69, 9.17) is 16.3 Å². The largest absolute Gasteiger partial charge is 0.394 e. The van der Waals surface area contributed by atoms with E-state index in [1.165, 1.54) is 9.80 Å². The SMILES string of the molecule is C=CCN(CCC)C(=O)[C@H]1[C@@H]2OC3(CC2Br)C(C(=O)N(CC=C)c2ccccc2Cl)N([C@@H](CO)C(C)C)C(=O)[C@H]13. The Morgan fingerprint density at radius 1 is 1.25 bits per heavy atom. The maximum absolute atomic E-state index is 14.7. The van der Waals surface area contributed by atoms with Gasteiger partial charge in [-0.1, -0.05) is 72.6 Å². The Morgan fingerprint density at radius 3 is 2.50 bits per heavy atom. The molecule has 218 valence electrons. The Kier molecular flexibility index (Phi) is 9.49. The second-order valence-electron chi connectivity index (χ2n) is 11.2. The highest BCUT2D eigenvalue weighted by atomic mass is 79.9. The second-order valence-corrected chi connectivity index (χ2v) is 12.7. The molecule has 0 aromatic heterocycles. The van der Waals surface area contributed by atoms with Crippen molar-refractivity contribution in [2.75, 3.05) is 31.1 Å². The number of benzene rings is 1. The topological polar surface area (TPSA) is 90.4 Å². The molecule has 40 heavy (non-hydrogen) atoms. The third-order valence-corrected chi connectivity index (χ3v) is 9.60. The van der Waals surface area contributed by atoms with Gasteiger partial charge in [0.2, 0.25) is 11.8 Å². The van der Waals surface area contributed by atoms with Gasteiger partial charge in [0.05, 0.1) is 41.3 Å². The monoisotopic (exact) mass is 635 g/mol. The molecule has 7 atom stereocenters. The van der Waals surface area contributed by atoms with Crippen LogP contribution in [-0.4, -0.2) is 87.5 Å². The van der Waals surface area contributed by atoms with Crippen molar-refractivity contribution in [2.45, 2.75) is 62.2 Å². The van der Waals surface area contributed by atoms with E-state index in [0.717, 1.165) is 6.42 Å². The summed E-state index contributed by atoms with van der Waals surface area (Å²) in [5.41, 5.74) is -0.760. The quantitative estimate of drug-likeness (QED) is 0.276. The number of aliphatic hydroxyl groups excluding tert-OH is 1. The summed E-state index contributed by atoms with van der Waals surface area (Å²) < 4.78 is 6.67. The molecule has 3 amide bonds. The Morgan fingerprint density at radius 2 is 1.93 bits per heavy atom. The average molecular weight is 637 g/mol. The lowest BCUT2D eigenvalue weighted by Gasteiger charge is -2.40. The summed E-state index contributed by atoms with van der Waals surface area (Å²) >= 11 is 10.3. The minimum absolute atomic E-state index is 0.153. The van der Waals surface area contributed by atoms with Crippen LogP contribution in [0.5, 0.6) is 0 Å². The molecule has 1 spiro atoms. The Bertz CT molecular complexity index is 1160. The standard InChI is InChI=1S/C30H39BrClN3O5/c1-6-13-33(14-7-2)27(37)23-24-28(38)35(22(17-36)18(4)5)26(30(24)16-19(31)25(23)40-30)29(39)34(15-8-3)21-12-10-9-11-20(21)32/h6,8-12,18-19,22-26,36H,1,3,7,13-17H2,2,4-5H3/t19?,22-,23+,24-,25+,26?,30?/m0/s1. The van der Waals surface area contributed by atoms with Gasteiger partial charge in [-0.3, -0.25) is 14.4 Å². The number of para-hydroxylation sites is 1. The summed E-state index contributed by atoms with van der Waals surface area (Å²) in [5.74, 6) is -2.68. The number of hydrogen-bond donors (Lipinski definition) is 1. The number of halogens is 2. The van der Waals surface area contributed by atoms with Gasteiger partial charge in [0.25, 0.3) is 5.91 Å². The maximum Gasteiger partial charge on any atom is 0.253 e. The van der Waals surface area contributed by atoms with Crippen molar-refractivity contribution in [1.82, 2.24) is 9.80 Å². The van der Waals surface area contributed by atoms with Gasteiger partial charge in [-0.2, -0.15) is 0 Å². The minimum atomic E-state index is -1.25. The van der Waals surface area contributed by atoms with Crippen LogP contribution in [-0.2, 0) is 19.1 Å². The molecule has 3 unspecified atom stereocenters. The third kappa shape index (κ3) is 4.93. The van der Waals surface area contributed by atoms with Crippen molar-refractivity contribution < 1.29 is 24.2 Å². The third-order valence-electron chi connectivity index (χ3n) is 8.44. The molecular weight excluding hydrogens is 598 g/mol. The molecule has 2 bridgehead atoms. The molecule has 4 rings (SSSR count). The molecule has 8 nitrogen and oxygen atoms in total. The number of nitrogens with zero attached hydrogens (tertiary/aromatic N) is 3. The zero-order valence-electron chi connectivity index (χ0n) is 23.3. The Labute approximate surface area is 250 Å². The molecule has 3 aliphatic heterocycles. The molecular formula is C30H39BrClN3O5. The summed E-state index contributed by atoms with van der Waals surface area (Å²) in [6.07, 6.45) is 3.84. The highest BCUT2D eigenvalue weighted by Gasteiger charge is 2.77. The molecule has 3 aliphatic rings. The first kappa shape index (κ1) is 30.8. The summed E-state index contributed by atoms with van der Waals surface area (Å²) in [6, 6.07) is 5.30. The first-order chi connectivity index (χ1) is 19.1. The molecule has 1 aromatic rings. The van der Waals surface area contributed by atoms with Crippen LogP contribution >= 0.6 is 27.5 Å². The van der Waals surface area contributed by atoms with Crippen molar-refractivity contribution in [3.8, 4) is 0 Å². The predicted molar refractivity (Wildman–Crippen MR) is 159 cm³/mol. The summed E-state index contributed by atoms with van der Waals surface area (Å²) in [7, 11) is 0. The van der Waals surface area contributed by atoms with E-state index in [1.807, 2.05) is 20.8 Å². The van der Waals surface area contributed by atoms with Gasteiger partial charge in [0.15, 0.2) is 0 Å². The van der Waals surface area contributed by atoms with Crippen molar-refractivity contribution >= 4 is 50.9 Å². The second kappa shape index (κ2) is 12.3. The zero-order valence-corrected chi connectivity index (χ0v) is 25.7. The molecule has 3 fully saturated rings. The van der Waals surface area contributed by atoms with Crippen LogP contribution in [0.15, 0.2) is 49.6 Å². The number of rotatable bonds is 12. The molecule has 1 N–H and O–H groups in total. The van der Waals surface area contributed by atoms with E-state index in [9.17, 15) is 19.5 Å². The van der Waals surface area contributed by atoms with Crippen molar-refractivity contribution in [3.05, 3.63) is 54.6 Å². The van der Waals surface area contributed by atoms with E-state index < -0.39 is 35.6 Å². The van der Waals surface area contributed by atoms with E-state index in [2.05, 4.69) is 29.1 Å². The van der Waals surface area contributed by atoms with Gasteiger partial charge in [-0.05, 0) is 30.9 Å². The molecule has 3 heterocycles. The number of alkyl halides is 1. The van der Waals surface area contributed by atoms with Gasteiger partial charge in [-0.25, -0.2) is 0 Å². The zero-order chi connectivity index (χ0) is 29.4. The number of aliphatic hydroxyl groups is 1. The number of likely N-dealkylation sites (tertiary alicyclic amines) is 1. The van der Waals surface area contributed by atoms with Gasteiger partial charge in [-0.15, -0.1) is 13.2 Å². The first-order valence-corrected chi connectivity index (χ1v) is 15.2. The fraction of sp³-hybridized carbons (Fsp3) is 0.567.